The van der Waals surface area contributed by atoms with Crippen LogP contribution in [0.2, 0.25) is 5.02 Å². The van der Waals surface area contributed by atoms with Crippen LogP contribution in [0.3, 0.4) is 0 Å². The van der Waals surface area contributed by atoms with Crippen LogP contribution in [0, 0.1) is 5.41 Å². The van der Waals surface area contributed by atoms with Crippen molar-refractivity contribution in [3.05, 3.63) is 28.8 Å². The van der Waals surface area contributed by atoms with E-state index in [1.807, 2.05) is 12.1 Å². The van der Waals surface area contributed by atoms with Crippen LogP contribution in [0.5, 0.6) is 0 Å². The van der Waals surface area contributed by atoms with E-state index in [9.17, 15) is 9.90 Å². The Bertz CT molecular complexity index is 509. The Morgan fingerprint density at radius 2 is 2.00 bits per heavy atom. The van der Waals surface area contributed by atoms with E-state index in [1.54, 1.807) is 6.07 Å². The molecule has 1 spiro atoms. The molecule has 102 valence electrons. The summed E-state index contributed by atoms with van der Waals surface area (Å²) in [6.45, 7) is 1.92. The molecule has 1 saturated carbocycles. The highest BCUT2D eigenvalue weighted by atomic mass is 35.5. The number of rotatable bonds is 2. The summed E-state index contributed by atoms with van der Waals surface area (Å²) in [7, 11) is 0. The monoisotopic (exact) mass is 279 g/mol. The van der Waals surface area contributed by atoms with Crippen molar-refractivity contribution in [3.8, 4) is 0 Å². The van der Waals surface area contributed by atoms with Crippen LogP contribution in [0.1, 0.15) is 42.5 Å². The Morgan fingerprint density at radius 3 is 2.68 bits per heavy atom. The molecule has 1 aromatic carbocycles. The number of halogens is 1. The highest BCUT2D eigenvalue weighted by Crippen LogP contribution is 2.47. The summed E-state index contributed by atoms with van der Waals surface area (Å²) in [5.41, 5.74) is 1.46. The lowest BCUT2D eigenvalue weighted by Gasteiger charge is -2.25. The van der Waals surface area contributed by atoms with Crippen molar-refractivity contribution >= 4 is 23.3 Å². The van der Waals surface area contributed by atoms with E-state index >= 15 is 0 Å². The third-order valence-electron chi connectivity index (χ3n) is 4.65. The number of aromatic carboxylic acids is 1. The van der Waals surface area contributed by atoms with Gasteiger partial charge in [-0.3, -0.25) is 0 Å². The Labute approximate surface area is 118 Å². The summed E-state index contributed by atoms with van der Waals surface area (Å²) in [4.78, 5) is 13.6. The fraction of sp³-hybridized carbons (Fsp3) is 0.533. The van der Waals surface area contributed by atoms with Crippen molar-refractivity contribution in [2.45, 2.75) is 32.1 Å². The number of anilines is 1. The number of nitrogens with zero attached hydrogens (tertiary/aromatic N) is 1. The van der Waals surface area contributed by atoms with Gasteiger partial charge in [0.25, 0.3) is 0 Å². The first-order valence-electron chi connectivity index (χ1n) is 6.88. The Morgan fingerprint density at radius 1 is 1.26 bits per heavy atom. The van der Waals surface area contributed by atoms with Crippen LogP contribution in [0.25, 0.3) is 0 Å². The van der Waals surface area contributed by atoms with E-state index in [1.165, 1.54) is 32.1 Å². The molecule has 1 heterocycles. The van der Waals surface area contributed by atoms with Gasteiger partial charge in [0.1, 0.15) is 5.56 Å². The van der Waals surface area contributed by atoms with Crippen LogP contribution >= 0.6 is 11.6 Å². The maximum atomic E-state index is 11.4. The van der Waals surface area contributed by atoms with E-state index in [-0.39, 0.29) is 5.56 Å². The van der Waals surface area contributed by atoms with E-state index in [4.69, 9.17) is 11.6 Å². The van der Waals surface area contributed by atoms with Crippen LogP contribution in [-0.2, 0) is 0 Å². The molecule has 0 amide bonds. The van der Waals surface area contributed by atoms with Gasteiger partial charge in [0.05, 0.1) is 10.7 Å². The molecule has 3 nitrogen and oxygen atoms in total. The lowest BCUT2D eigenvalue weighted by molar-refractivity contribution is 0.0697. The SMILES string of the molecule is O=C(O)c1c(Cl)cccc1N1CCC2(CCCC2)C1. The lowest BCUT2D eigenvalue weighted by atomic mass is 9.86. The van der Waals surface area contributed by atoms with Gasteiger partial charge in [0.15, 0.2) is 0 Å². The summed E-state index contributed by atoms with van der Waals surface area (Å²) < 4.78 is 0. The number of carbonyl (C=O) groups is 1. The Balaban J connectivity index is 1.91. The van der Waals surface area contributed by atoms with Crippen molar-refractivity contribution in [1.82, 2.24) is 0 Å². The van der Waals surface area contributed by atoms with Gasteiger partial charge in [-0.2, -0.15) is 0 Å². The molecule has 1 aromatic rings. The fourth-order valence-corrected chi connectivity index (χ4v) is 3.91. The summed E-state index contributed by atoms with van der Waals surface area (Å²) >= 11 is 6.05. The summed E-state index contributed by atoms with van der Waals surface area (Å²) in [6.07, 6.45) is 6.38. The first kappa shape index (κ1) is 12.8. The molecule has 19 heavy (non-hydrogen) atoms. The quantitative estimate of drug-likeness (QED) is 0.895. The number of carboxylic acid groups (broad SMARTS) is 1. The zero-order valence-electron chi connectivity index (χ0n) is 10.9. The molecule has 0 unspecified atom stereocenters. The molecule has 3 rings (SSSR count). The first-order valence-corrected chi connectivity index (χ1v) is 7.26. The van der Waals surface area contributed by atoms with Crippen LogP contribution < -0.4 is 4.90 Å². The maximum Gasteiger partial charge on any atom is 0.339 e. The number of benzene rings is 1. The topological polar surface area (TPSA) is 40.5 Å². The standard InChI is InChI=1S/C15H18ClNO2/c16-11-4-3-5-12(13(11)14(18)19)17-9-8-15(10-17)6-1-2-7-15/h3-5H,1-2,6-10H2,(H,18,19). The zero-order chi connectivity index (χ0) is 13.5. The number of hydrogen-bond donors (Lipinski definition) is 1. The van der Waals surface area contributed by atoms with E-state index in [0.29, 0.717) is 10.4 Å². The van der Waals surface area contributed by atoms with Gasteiger partial charge in [-0.1, -0.05) is 30.5 Å². The minimum atomic E-state index is -0.937. The van der Waals surface area contributed by atoms with Crippen molar-refractivity contribution in [1.29, 1.82) is 0 Å². The molecule has 1 aliphatic carbocycles. The van der Waals surface area contributed by atoms with Crippen molar-refractivity contribution in [3.63, 3.8) is 0 Å². The zero-order valence-corrected chi connectivity index (χ0v) is 11.6. The second-order valence-corrected chi connectivity index (χ2v) is 6.22. The van der Waals surface area contributed by atoms with E-state index < -0.39 is 5.97 Å². The van der Waals surface area contributed by atoms with Gasteiger partial charge in [-0.15, -0.1) is 0 Å². The predicted octanol–water partition coefficient (Wildman–Crippen LogP) is 3.81. The fourth-order valence-electron chi connectivity index (χ4n) is 3.66. The third-order valence-corrected chi connectivity index (χ3v) is 4.96. The van der Waals surface area contributed by atoms with Gasteiger partial charge in [0, 0.05) is 13.1 Å². The molecule has 0 atom stereocenters. The van der Waals surface area contributed by atoms with Gasteiger partial charge >= 0.3 is 5.97 Å². The molecule has 1 N–H and O–H groups in total. The number of hydrogen-bond acceptors (Lipinski definition) is 2. The second-order valence-electron chi connectivity index (χ2n) is 5.82. The van der Waals surface area contributed by atoms with Crippen molar-refractivity contribution in [2.24, 2.45) is 5.41 Å². The average Bonchev–Trinajstić information content (AvgIpc) is 2.99. The number of carboxylic acids is 1. The highest BCUT2D eigenvalue weighted by Gasteiger charge is 2.41. The molecule has 0 aromatic heterocycles. The highest BCUT2D eigenvalue weighted by molar-refractivity contribution is 6.34. The lowest BCUT2D eigenvalue weighted by Crippen LogP contribution is -2.26. The molecule has 1 aliphatic heterocycles. The molecule has 2 fully saturated rings. The van der Waals surface area contributed by atoms with Crippen molar-refractivity contribution < 1.29 is 9.90 Å². The van der Waals surface area contributed by atoms with Crippen molar-refractivity contribution in [2.75, 3.05) is 18.0 Å². The third kappa shape index (κ3) is 2.20. The van der Waals surface area contributed by atoms with Crippen LogP contribution in [0.15, 0.2) is 18.2 Å². The molecule has 4 heteroatoms. The molecule has 0 radical (unpaired) electrons. The van der Waals surface area contributed by atoms with Crippen LogP contribution in [-0.4, -0.2) is 24.2 Å². The average molecular weight is 280 g/mol. The van der Waals surface area contributed by atoms with Gasteiger partial charge in [0.2, 0.25) is 0 Å². The largest absolute Gasteiger partial charge is 0.478 e. The normalized spacial score (nSPS) is 21.2. The maximum absolute atomic E-state index is 11.4. The minimum absolute atomic E-state index is 0.249. The van der Waals surface area contributed by atoms with Gasteiger partial charge < -0.3 is 10.0 Å². The van der Waals surface area contributed by atoms with Crippen LogP contribution in [0.4, 0.5) is 5.69 Å². The summed E-state index contributed by atoms with van der Waals surface area (Å²) in [6, 6.07) is 5.36. The molecule has 1 saturated heterocycles. The molecule has 2 aliphatic rings. The van der Waals surface area contributed by atoms with Gasteiger partial charge in [-0.25, -0.2) is 4.79 Å². The van der Waals surface area contributed by atoms with E-state index in [0.717, 1.165) is 18.8 Å². The summed E-state index contributed by atoms with van der Waals surface area (Å²) in [5, 5.41) is 9.68. The smallest absolute Gasteiger partial charge is 0.339 e. The van der Waals surface area contributed by atoms with E-state index in [2.05, 4.69) is 4.90 Å². The van der Waals surface area contributed by atoms with Gasteiger partial charge in [-0.05, 0) is 36.8 Å². The predicted molar refractivity (Wildman–Crippen MR) is 76.1 cm³/mol. The molecular formula is C15H18ClNO2. The second kappa shape index (κ2) is 4.71. The molecule has 0 bridgehead atoms. The Hall–Kier alpha value is -1.22. The Kier molecular flexibility index (Phi) is 3.17. The summed E-state index contributed by atoms with van der Waals surface area (Å²) in [5.74, 6) is -0.937. The first-order chi connectivity index (χ1) is 9.11. The molecular weight excluding hydrogens is 262 g/mol. The minimum Gasteiger partial charge on any atom is -0.478 e.